The van der Waals surface area contributed by atoms with E-state index in [-0.39, 0.29) is 30.3 Å². The Morgan fingerprint density at radius 3 is 2.69 bits per heavy atom. The van der Waals surface area contributed by atoms with E-state index in [0.29, 0.717) is 11.3 Å². The number of carbonyl (C=O) groups excluding carboxylic acids is 2. The zero-order valence-electron chi connectivity index (χ0n) is 16.3. The number of ketones is 1. The average Bonchev–Trinajstić information content (AvgIpc) is 3.27. The van der Waals surface area contributed by atoms with Crippen LogP contribution in [0.5, 0.6) is 11.8 Å². The number of aromatic nitrogens is 3. The molecular weight excluding hydrogens is 436 g/mol. The molecule has 0 N–H and O–H groups in total. The van der Waals surface area contributed by atoms with E-state index in [4.69, 9.17) is 4.74 Å². The van der Waals surface area contributed by atoms with Gasteiger partial charge in [-0.15, -0.1) is 0 Å². The number of rotatable bonds is 5. The zero-order chi connectivity index (χ0) is 20.5. The number of carbonyl (C=O) groups is 2. The highest BCUT2D eigenvalue weighted by Crippen LogP contribution is 2.29. The number of nitrogens with zero attached hydrogens (tertiary/aromatic N) is 4. The van der Waals surface area contributed by atoms with Gasteiger partial charge in [0.25, 0.3) is 0 Å². The summed E-state index contributed by atoms with van der Waals surface area (Å²) in [7, 11) is 0. The summed E-state index contributed by atoms with van der Waals surface area (Å²) in [6, 6.07) is 5.92. The van der Waals surface area contributed by atoms with Crippen LogP contribution in [-0.2, 0) is 11.3 Å². The van der Waals surface area contributed by atoms with Crippen LogP contribution in [0.3, 0.4) is 0 Å². The Kier molecular flexibility index (Phi) is 5.36. The van der Waals surface area contributed by atoms with Crippen LogP contribution in [0.15, 0.2) is 41.3 Å². The van der Waals surface area contributed by atoms with Crippen molar-refractivity contribution in [2.45, 2.75) is 39.3 Å². The summed E-state index contributed by atoms with van der Waals surface area (Å²) >= 11 is 3.29. The summed E-state index contributed by atoms with van der Waals surface area (Å²) in [6.07, 6.45) is 7.03. The highest BCUT2D eigenvalue weighted by molar-refractivity contribution is 9.10. The lowest BCUT2D eigenvalue weighted by Gasteiger charge is -2.21. The molecule has 0 saturated carbocycles. The Bertz CT molecular complexity index is 1080. The van der Waals surface area contributed by atoms with Crippen LogP contribution in [-0.4, -0.2) is 43.7 Å². The molecule has 1 aliphatic rings. The van der Waals surface area contributed by atoms with Crippen molar-refractivity contribution in [2.24, 2.45) is 0 Å². The number of fused-ring (bicyclic) bond motifs is 1. The van der Waals surface area contributed by atoms with Gasteiger partial charge in [0, 0.05) is 47.6 Å². The molecule has 29 heavy (non-hydrogen) atoms. The first-order valence-corrected chi connectivity index (χ1v) is 10.3. The summed E-state index contributed by atoms with van der Waals surface area (Å²) in [5.41, 5.74) is 1.38. The van der Waals surface area contributed by atoms with Crippen molar-refractivity contribution >= 4 is 38.5 Å². The lowest BCUT2D eigenvalue weighted by Crippen LogP contribution is -2.36. The van der Waals surface area contributed by atoms with Crippen molar-refractivity contribution in [2.75, 3.05) is 6.54 Å². The van der Waals surface area contributed by atoms with Crippen LogP contribution in [0.2, 0.25) is 0 Å². The Morgan fingerprint density at radius 2 is 2.03 bits per heavy atom. The molecule has 2 aromatic heterocycles. The van der Waals surface area contributed by atoms with E-state index >= 15 is 0 Å². The summed E-state index contributed by atoms with van der Waals surface area (Å²) in [5, 5.41) is 0.745. The van der Waals surface area contributed by atoms with Crippen molar-refractivity contribution in [1.82, 2.24) is 19.4 Å². The number of hydrogen-bond donors (Lipinski definition) is 0. The number of ether oxygens (including phenoxy) is 1. The second kappa shape index (κ2) is 7.94. The number of amides is 1. The van der Waals surface area contributed by atoms with Crippen molar-refractivity contribution in [3.8, 4) is 11.8 Å². The van der Waals surface area contributed by atoms with Crippen molar-refractivity contribution in [3.63, 3.8) is 0 Å². The maximum atomic E-state index is 12.8. The molecule has 3 heterocycles. The number of likely N-dealkylation sites (tertiary alicyclic amines) is 1. The summed E-state index contributed by atoms with van der Waals surface area (Å²) < 4.78 is 8.33. The van der Waals surface area contributed by atoms with Gasteiger partial charge in [0.1, 0.15) is 12.3 Å². The fraction of sp³-hybridized carbons (Fsp3) is 0.333. The van der Waals surface area contributed by atoms with Crippen molar-refractivity contribution < 1.29 is 14.3 Å². The molecule has 150 valence electrons. The van der Waals surface area contributed by atoms with Crippen LogP contribution in [0, 0.1) is 0 Å². The normalized spacial score (nSPS) is 16.4. The maximum Gasteiger partial charge on any atom is 0.321 e. The van der Waals surface area contributed by atoms with Crippen LogP contribution in [0.4, 0.5) is 0 Å². The Balaban J connectivity index is 1.65. The standard InChI is InChI=1S/C21H21BrN4O3/c1-13-4-3-7-26(13)20(28)12-25-11-18(14(2)27)17-8-16(5-6-19(17)25)29-21-23-9-15(22)10-24-21/h5-6,8-11,13H,3-4,7,12H2,1-2H3. The van der Waals surface area contributed by atoms with Crippen LogP contribution >= 0.6 is 15.9 Å². The van der Waals surface area contributed by atoms with Gasteiger partial charge in [0.05, 0.1) is 4.47 Å². The number of halogens is 1. The SMILES string of the molecule is CC(=O)c1cn(CC(=O)N2CCCC2C)c2ccc(Oc3ncc(Br)cn3)cc12. The minimum atomic E-state index is -0.0622. The molecule has 3 aromatic rings. The van der Waals surface area contributed by atoms with E-state index in [1.54, 1.807) is 30.7 Å². The van der Waals surface area contributed by atoms with Crippen LogP contribution in [0.25, 0.3) is 10.9 Å². The quantitative estimate of drug-likeness (QED) is 0.537. The van der Waals surface area contributed by atoms with Gasteiger partial charge in [-0.3, -0.25) is 9.59 Å². The summed E-state index contributed by atoms with van der Waals surface area (Å²) in [5.74, 6) is 0.540. The lowest BCUT2D eigenvalue weighted by atomic mass is 10.1. The molecule has 0 radical (unpaired) electrons. The van der Waals surface area contributed by atoms with Crippen LogP contribution < -0.4 is 4.74 Å². The summed E-state index contributed by atoms with van der Waals surface area (Å²) in [6.45, 7) is 4.61. The molecule has 4 rings (SSSR count). The Labute approximate surface area is 176 Å². The average molecular weight is 457 g/mol. The molecule has 0 bridgehead atoms. The molecule has 1 aromatic carbocycles. The minimum Gasteiger partial charge on any atom is -0.424 e. The van der Waals surface area contributed by atoms with Crippen molar-refractivity contribution in [3.05, 3.63) is 46.8 Å². The van der Waals surface area contributed by atoms with Gasteiger partial charge in [-0.2, -0.15) is 0 Å². The smallest absolute Gasteiger partial charge is 0.321 e. The van der Waals surface area contributed by atoms with Gasteiger partial charge in [-0.1, -0.05) is 0 Å². The zero-order valence-corrected chi connectivity index (χ0v) is 17.8. The van der Waals surface area contributed by atoms with Gasteiger partial charge in [-0.05, 0) is 60.8 Å². The van der Waals surface area contributed by atoms with Crippen LogP contribution in [0.1, 0.15) is 37.0 Å². The third-order valence-corrected chi connectivity index (χ3v) is 5.63. The second-order valence-corrected chi connectivity index (χ2v) is 8.19. The molecule has 0 spiro atoms. The molecular formula is C21H21BrN4O3. The molecule has 8 heteroatoms. The Morgan fingerprint density at radius 1 is 1.28 bits per heavy atom. The van der Waals surface area contributed by atoms with E-state index in [1.165, 1.54) is 6.92 Å². The first-order chi connectivity index (χ1) is 13.9. The molecule has 1 unspecified atom stereocenters. The van der Waals surface area contributed by atoms with E-state index < -0.39 is 0 Å². The number of Topliss-reactive ketones (excluding diaryl/α,β-unsaturated/α-hetero) is 1. The molecule has 1 fully saturated rings. The Hall–Kier alpha value is -2.74. The minimum absolute atomic E-state index is 0.0622. The molecule has 7 nitrogen and oxygen atoms in total. The highest BCUT2D eigenvalue weighted by Gasteiger charge is 2.26. The van der Waals surface area contributed by atoms with E-state index in [1.807, 2.05) is 15.5 Å². The fourth-order valence-electron chi connectivity index (χ4n) is 3.75. The van der Waals surface area contributed by atoms with Gasteiger partial charge >= 0.3 is 6.01 Å². The molecule has 1 saturated heterocycles. The van der Waals surface area contributed by atoms with E-state index in [2.05, 4.69) is 32.8 Å². The molecule has 0 aliphatic carbocycles. The first kappa shape index (κ1) is 19.6. The molecule has 1 aliphatic heterocycles. The molecule has 1 atom stereocenters. The largest absolute Gasteiger partial charge is 0.424 e. The molecule has 1 amide bonds. The predicted octanol–water partition coefficient (Wildman–Crippen LogP) is 4.20. The van der Waals surface area contributed by atoms with Crippen molar-refractivity contribution in [1.29, 1.82) is 0 Å². The van der Waals surface area contributed by atoms with Gasteiger partial charge in [0.2, 0.25) is 5.91 Å². The topological polar surface area (TPSA) is 77.3 Å². The lowest BCUT2D eigenvalue weighted by molar-refractivity contribution is -0.132. The van der Waals surface area contributed by atoms with Gasteiger partial charge in [0.15, 0.2) is 5.78 Å². The first-order valence-electron chi connectivity index (χ1n) is 9.51. The van der Waals surface area contributed by atoms with E-state index in [9.17, 15) is 9.59 Å². The fourth-order valence-corrected chi connectivity index (χ4v) is 3.95. The highest BCUT2D eigenvalue weighted by atomic mass is 79.9. The van der Waals surface area contributed by atoms with E-state index in [0.717, 1.165) is 34.8 Å². The third kappa shape index (κ3) is 4.03. The van der Waals surface area contributed by atoms with Gasteiger partial charge < -0.3 is 14.2 Å². The number of hydrogen-bond acceptors (Lipinski definition) is 5. The maximum absolute atomic E-state index is 12.8. The third-order valence-electron chi connectivity index (χ3n) is 5.22. The second-order valence-electron chi connectivity index (χ2n) is 7.27. The predicted molar refractivity (Wildman–Crippen MR) is 112 cm³/mol. The van der Waals surface area contributed by atoms with Gasteiger partial charge in [-0.25, -0.2) is 9.97 Å². The number of benzene rings is 1. The summed E-state index contributed by atoms with van der Waals surface area (Å²) in [4.78, 5) is 35.1. The monoisotopic (exact) mass is 456 g/mol.